The number of rotatable bonds is 4. The number of nitrogens with one attached hydrogen (secondary N) is 1. The Kier molecular flexibility index (Phi) is 5.12. The van der Waals surface area contributed by atoms with E-state index < -0.39 is 0 Å². The molecule has 0 heterocycles. The van der Waals surface area contributed by atoms with Crippen LogP contribution in [0.3, 0.4) is 0 Å². The molecule has 1 nitrogen and oxygen atoms in total. The monoisotopic (exact) mass is 313 g/mol. The third-order valence-corrected chi connectivity index (χ3v) is 4.07. The molecule has 100 valence electrons. The van der Waals surface area contributed by atoms with E-state index in [0.29, 0.717) is 16.6 Å². The normalized spacial score (nSPS) is 12.4. The first-order valence-electron chi connectivity index (χ1n) is 6.00. The molecule has 0 aliphatic heterocycles. The highest BCUT2D eigenvalue weighted by Gasteiger charge is 2.11. The van der Waals surface area contributed by atoms with E-state index in [2.05, 4.69) is 12.2 Å². The van der Waals surface area contributed by atoms with Crippen LogP contribution in [0.15, 0.2) is 42.5 Å². The lowest BCUT2D eigenvalue weighted by molar-refractivity contribution is 0.575. The summed E-state index contributed by atoms with van der Waals surface area (Å²) in [5, 5.41) is 5.49. The maximum Gasteiger partial charge on any atom is 0.0465 e. The van der Waals surface area contributed by atoms with E-state index in [1.54, 1.807) is 0 Å². The fraction of sp³-hybridized carbons (Fsp3) is 0.200. The van der Waals surface area contributed by atoms with Gasteiger partial charge in [0.25, 0.3) is 0 Å². The average Bonchev–Trinajstić information content (AvgIpc) is 2.38. The van der Waals surface area contributed by atoms with Gasteiger partial charge in [0.05, 0.1) is 0 Å². The Bertz CT molecular complexity index is 549. The third-order valence-electron chi connectivity index (χ3n) is 3.02. The van der Waals surface area contributed by atoms with E-state index in [-0.39, 0.29) is 6.04 Å². The predicted molar refractivity (Wildman–Crippen MR) is 83.2 cm³/mol. The van der Waals surface area contributed by atoms with Crippen LogP contribution in [0, 0.1) is 0 Å². The van der Waals surface area contributed by atoms with E-state index in [1.807, 2.05) is 42.5 Å². The molecule has 19 heavy (non-hydrogen) atoms. The summed E-state index contributed by atoms with van der Waals surface area (Å²) in [6.07, 6.45) is 0. The van der Waals surface area contributed by atoms with Gasteiger partial charge in [0.15, 0.2) is 0 Å². The number of halogens is 3. The zero-order valence-corrected chi connectivity index (χ0v) is 12.7. The largest absolute Gasteiger partial charge is 0.306 e. The quantitative estimate of drug-likeness (QED) is 0.786. The fourth-order valence-corrected chi connectivity index (χ4v) is 2.72. The van der Waals surface area contributed by atoms with Crippen LogP contribution in [0.4, 0.5) is 0 Å². The summed E-state index contributed by atoms with van der Waals surface area (Å²) in [7, 11) is 0. The minimum atomic E-state index is 0.126. The maximum atomic E-state index is 6.17. The van der Waals surface area contributed by atoms with Crippen molar-refractivity contribution in [3.05, 3.63) is 68.7 Å². The van der Waals surface area contributed by atoms with Gasteiger partial charge in [-0.1, -0.05) is 59.1 Å². The average molecular weight is 315 g/mol. The van der Waals surface area contributed by atoms with Crippen molar-refractivity contribution in [1.29, 1.82) is 0 Å². The van der Waals surface area contributed by atoms with E-state index in [0.717, 1.165) is 16.1 Å². The molecule has 0 amide bonds. The van der Waals surface area contributed by atoms with Crippen molar-refractivity contribution in [2.75, 3.05) is 0 Å². The second kappa shape index (κ2) is 6.62. The Hall–Kier alpha value is -0.730. The summed E-state index contributed by atoms with van der Waals surface area (Å²) in [4.78, 5) is 0. The summed E-state index contributed by atoms with van der Waals surface area (Å²) in [5.74, 6) is 0. The van der Waals surface area contributed by atoms with Gasteiger partial charge in [0, 0.05) is 33.2 Å². The molecule has 1 N–H and O–H groups in total. The van der Waals surface area contributed by atoms with Crippen molar-refractivity contribution in [1.82, 2.24) is 5.32 Å². The van der Waals surface area contributed by atoms with Crippen molar-refractivity contribution in [2.45, 2.75) is 19.5 Å². The van der Waals surface area contributed by atoms with Gasteiger partial charge in [-0.3, -0.25) is 0 Å². The minimum Gasteiger partial charge on any atom is -0.306 e. The van der Waals surface area contributed by atoms with Gasteiger partial charge in [-0.2, -0.15) is 0 Å². The molecule has 2 aromatic carbocycles. The second-order valence-corrected chi connectivity index (χ2v) is 5.55. The smallest absolute Gasteiger partial charge is 0.0465 e. The van der Waals surface area contributed by atoms with Crippen LogP contribution >= 0.6 is 34.8 Å². The highest BCUT2D eigenvalue weighted by Crippen LogP contribution is 2.26. The minimum absolute atomic E-state index is 0.126. The molecule has 0 radical (unpaired) electrons. The molecule has 2 rings (SSSR count). The highest BCUT2D eigenvalue weighted by molar-refractivity contribution is 6.36. The van der Waals surface area contributed by atoms with E-state index in [4.69, 9.17) is 34.8 Å². The summed E-state index contributed by atoms with van der Waals surface area (Å²) >= 11 is 18.5. The first-order chi connectivity index (χ1) is 9.09. The zero-order valence-electron chi connectivity index (χ0n) is 10.5. The van der Waals surface area contributed by atoms with Crippen LogP contribution in [-0.4, -0.2) is 0 Å². The van der Waals surface area contributed by atoms with Crippen LogP contribution in [-0.2, 0) is 6.54 Å². The van der Waals surface area contributed by atoms with Gasteiger partial charge in [-0.25, -0.2) is 0 Å². The SMILES string of the molecule is C[C@H](NCc1c(Cl)cccc1Cl)c1ccccc1Cl. The summed E-state index contributed by atoms with van der Waals surface area (Å²) < 4.78 is 0. The van der Waals surface area contributed by atoms with Gasteiger partial charge >= 0.3 is 0 Å². The van der Waals surface area contributed by atoms with Crippen LogP contribution in [0.2, 0.25) is 15.1 Å². The molecule has 0 fully saturated rings. The number of benzene rings is 2. The van der Waals surface area contributed by atoms with Crippen LogP contribution in [0.1, 0.15) is 24.1 Å². The first kappa shape index (κ1) is 14.7. The van der Waals surface area contributed by atoms with Gasteiger partial charge in [-0.05, 0) is 30.7 Å². The Morgan fingerprint density at radius 3 is 2.11 bits per heavy atom. The van der Waals surface area contributed by atoms with Crippen LogP contribution in [0.5, 0.6) is 0 Å². The maximum absolute atomic E-state index is 6.17. The van der Waals surface area contributed by atoms with Crippen molar-refractivity contribution in [3.63, 3.8) is 0 Å². The van der Waals surface area contributed by atoms with E-state index in [1.165, 1.54) is 0 Å². The van der Waals surface area contributed by atoms with Crippen molar-refractivity contribution in [3.8, 4) is 0 Å². The topological polar surface area (TPSA) is 12.0 Å². The Balaban J connectivity index is 2.09. The number of hydrogen-bond acceptors (Lipinski definition) is 1. The number of hydrogen-bond donors (Lipinski definition) is 1. The molecule has 0 spiro atoms. The summed E-state index contributed by atoms with van der Waals surface area (Å²) in [5.41, 5.74) is 1.97. The van der Waals surface area contributed by atoms with Crippen molar-refractivity contribution in [2.24, 2.45) is 0 Å². The molecule has 0 aromatic heterocycles. The third kappa shape index (κ3) is 3.64. The van der Waals surface area contributed by atoms with E-state index in [9.17, 15) is 0 Å². The molecule has 0 saturated carbocycles. The Labute approximate surface area is 128 Å². The predicted octanol–water partition coefficient (Wildman–Crippen LogP) is 5.50. The standard InChI is InChI=1S/C15H14Cl3N/c1-10(11-5-2-3-6-13(11)16)19-9-12-14(17)7-4-8-15(12)18/h2-8,10,19H,9H2,1H3/t10-/m0/s1. The second-order valence-electron chi connectivity index (χ2n) is 4.32. The molecule has 4 heteroatoms. The first-order valence-corrected chi connectivity index (χ1v) is 7.13. The molecule has 0 aliphatic carbocycles. The van der Waals surface area contributed by atoms with Crippen molar-refractivity contribution >= 4 is 34.8 Å². The van der Waals surface area contributed by atoms with Gasteiger partial charge < -0.3 is 5.32 Å². The molecular formula is C15H14Cl3N. The molecule has 0 aliphatic rings. The Morgan fingerprint density at radius 1 is 0.895 bits per heavy atom. The molecule has 0 saturated heterocycles. The lowest BCUT2D eigenvalue weighted by Gasteiger charge is -2.16. The zero-order chi connectivity index (χ0) is 13.8. The molecule has 0 unspecified atom stereocenters. The Morgan fingerprint density at radius 2 is 1.47 bits per heavy atom. The van der Waals surface area contributed by atoms with E-state index >= 15 is 0 Å². The van der Waals surface area contributed by atoms with Gasteiger partial charge in [0.2, 0.25) is 0 Å². The fourth-order valence-electron chi connectivity index (χ4n) is 1.89. The lowest BCUT2D eigenvalue weighted by atomic mass is 10.1. The molecule has 0 bridgehead atoms. The highest BCUT2D eigenvalue weighted by atomic mass is 35.5. The van der Waals surface area contributed by atoms with Crippen molar-refractivity contribution < 1.29 is 0 Å². The molecule has 2 aromatic rings. The summed E-state index contributed by atoms with van der Waals surface area (Å²) in [6, 6.07) is 13.4. The van der Waals surface area contributed by atoms with Gasteiger partial charge in [-0.15, -0.1) is 0 Å². The molecular weight excluding hydrogens is 301 g/mol. The lowest BCUT2D eigenvalue weighted by Crippen LogP contribution is -2.18. The van der Waals surface area contributed by atoms with Crippen LogP contribution < -0.4 is 5.32 Å². The molecule has 1 atom stereocenters. The van der Waals surface area contributed by atoms with Gasteiger partial charge in [0.1, 0.15) is 0 Å². The van der Waals surface area contributed by atoms with Crippen LogP contribution in [0.25, 0.3) is 0 Å². The summed E-state index contributed by atoms with van der Waals surface area (Å²) in [6.45, 7) is 2.66.